The Morgan fingerprint density at radius 1 is 1.61 bits per heavy atom. The Kier molecular flexibility index (Phi) is 5.56. The van der Waals surface area contributed by atoms with Crippen molar-refractivity contribution >= 4 is 18.3 Å². The SMILES string of the molecule is CC1CC(CN)CN1C(=O)Cc1cccnc1.Cl. The Morgan fingerprint density at radius 2 is 2.39 bits per heavy atom. The fraction of sp³-hybridized carbons (Fsp3) is 0.538. The van der Waals surface area contributed by atoms with Crippen LogP contribution >= 0.6 is 12.4 Å². The molecule has 1 aliphatic rings. The number of carbonyl (C=O) groups is 1. The van der Waals surface area contributed by atoms with Gasteiger partial charge in [0.2, 0.25) is 5.91 Å². The van der Waals surface area contributed by atoms with Crippen LogP contribution in [0.25, 0.3) is 0 Å². The van der Waals surface area contributed by atoms with E-state index in [1.54, 1.807) is 12.4 Å². The Labute approximate surface area is 114 Å². The third-order valence-electron chi connectivity index (χ3n) is 3.39. The van der Waals surface area contributed by atoms with Crippen LogP contribution in [-0.4, -0.2) is 34.9 Å². The first-order chi connectivity index (χ1) is 8.20. The van der Waals surface area contributed by atoms with Crippen molar-refractivity contribution in [3.8, 4) is 0 Å². The van der Waals surface area contributed by atoms with Gasteiger partial charge < -0.3 is 10.6 Å². The van der Waals surface area contributed by atoms with Crippen molar-refractivity contribution in [1.29, 1.82) is 0 Å². The summed E-state index contributed by atoms with van der Waals surface area (Å²) in [5, 5.41) is 0. The summed E-state index contributed by atoms with van der Waals surface area (Å²) >= 11 is 0. The summed E-state index contributed by atoms with van der Waals surface area (Å²) < 4.78 is 0. The molecule has 0 bridgehead atoms. The highest BCUT2D eigenvalue weighted by atomic mass is 35.5. The molecule has 0 saturated carbocycles. The number of pyridine rings is 1. The number of likely N-dealkylation sites (tertiary alicyclic amines) is 1. The average molecular weight is 270 g/mol. The Morgan fingerprint density at radius 3 is 2.94 bits per heavy atom. The quantitative estimate of drug-likeness (QED) is 0.898. The number of aromatic nitrogens is 1. The second kappa shape index (κ2) is 6.71. The molecule has 100 valence electrons. The van der Waals surface area contributed by atoms with Crippen LogP contribution in [0.4, 0.5) is 0 Å². The molecule has 4 nitrogen and oxygen atoms in total. The van der Waals surface area contributed by atoms with E-state index in [2.05, 4.69) is 11.9 Å². The van der Waals surface area contributed by atoms with Gasteiger partial charge in [-0.05, 0) is 37.4 Å². The average Bonchev–Trinajstić information content (AvgIpc) is 2.72. The number of nitrogens with zero attached hydrogens (tertiary/aromatic N) is 2. The maximum absolute atomic E-state index is 12.1. The van der Waals surface area contributed by atoms with E-state index in [9.17, 15) is 4.79 Å². The van der Waals surface area contributed by atoms with Gasteiger partial charge in [0, 0.05) is 25.0 Å². The molecule has 5 heteroatoms. The highest BCUT2D eigenvalue weighted by Crippen LogP contribution is 2.22. The van der Waals surface area contributed by atoms with Crippen molar-refractivity contribution in [3.05, 3.63) is 30.1 Å². The van der Waals surface area contributed by atoms with Gasteiger partial charge in [0.25, 0.3) is 0 Å². The number of halogens is 1. The van der Waals surface area contributed by atoms with Gasteiger partial charge in [0.15, 0.2) is 0 Å². The molecule has 18 heavy (non-hydrogen) atoms. The zero-order chi connectivity index (χ0) is 12.3. The number of carbonyl (C=O) groups excluding carboxylic acids is 1. The van der Waals surface area contributed by atoms with E-state index >= 15 is 0 Å². The smallest absolute Gasteiger partial charge is 0.227 e. The molecule has 1 aromatic rings. The van der Waals surface area contributed by atoms with Crippen molar-refractivity contribution < 1.29 is 4.79 Å². The van der Waals surface area contributed by atoms with Gasteiger partial charge in [-0.3, -0.25) is 9.78 Å². The van der Waals surface area contributed by atoms with Crippen molar-refractivity contribution in [2.45, 2.75) is 25.8 Å². The van der Waals surface area contributed by atoms with Gasteiger partial charge in [-0.1, -0.05) is 6.07 Å². The minimum Gasteiger partial charge on any atom is -0.339 e. The molecule has 0 aromatic carbocycles. The standard InChI is InChI=1S/C13H19N3O.ClH/c1-10-5-12(7-14)9-16(10)13(17)6-11-3-2-4-15-8-11;/h2-4,8,10,12H,5-7,9,14H2,1H3;1H. The van der Waals surface area contributed by atoms with Crippen LogP contribution in [0.3, 0.4) is 0 Å². The Balaban J connectivity index is 0.00000162. The molecular weight excluding hydrogens is 250 g/mol. The second-order valence-corrected chi connectivity index (χ2v) is 4.77. The number of hydrogen-bond acceptors (Lipinski definition) is 3. The van der Waals surface area contributed by atoms with Crippen LogP contribution in [-0.2, 0) is 11.2 Å². The third-order valence-corrected chi connectivity index (χ3v) is 3.39. The van der Waals surface area contributed by atoms with Crippen LogP contribution in [0.2, 0.25) is 0 Å². The van der Waals surface area contributed by atoms with Crippen LogP contribution in [0, 0.1) is 5.92 Å². The van der Waals surface area contributed by atoms with Crippen LogP contribution in [0.5, 0.6) is 0 Å². The number of nitrogens with two attached hydrogens (primary N) is 1. The normalized spacial score (nSPS) is 22.7. The molecule has 2 heterocycles. The number of hydrogen-bond donors (Lipinski definition) is 1. The van der Waals surface area contributed by atoms with E-state index in [-0.39, 0.29) is 18.3 Å². The first-order valence-corrected chi connectivity index (χ1v) is 6.09. The van der Waals surface area contributed by atoms with Gasteiger partial charge in [-0.25, -0.2) is 0 Å². The summed E-state index contributed by atoms with van der Waals surface area (Å²) in [6.07, 6.45) is 4.93. The van der Waals surface area contributed by atoms with E-state index in [0.717, 1.165) is 18.5 Å². The van der Waals surface area contributed by atoms with Crippen molar-refractivity contribution in [2.75, 3.05) is 13.1 Å². The minimum absolute atomic E-state index is 0. The van der Waals surface area contributed by atoms with Gasteiger partial charge in [0.05, 0.1) is 6.42 Å². The summed E-state index contributed by atoms with van der Waals surface area (Å²) in [6, 6.07) is 4.11. The first kappa shape index (κ1) is 14.9. The lowest BCUT2D eigenvalue weighted by atomic mass is 10.1. The largest absolute Gasteiger partial charge is 0.339 e. The molecule has 2 rings (SSSR count). The van der Waals surface area contributed by atoms with Gasteiger partial charge in [-0.15, -0.1) is 12.4 Å². The van der Waals surface area contributed by atoms with Gasteiger partial charge in [-0.2, -0.15) is 0 Å². The van der Waals surface area contributed by atoms with Gasteiger partial charge >= 0.3 is 0 Å². The summed E-state index contributed by atoms with van der Waals surface area (Å²) in [4.78, 5) is 18.1. The molecule has 0 spiro atoms. The second-order valence-electron chi connectivity index (χ2n) is 4.77. The van der Waals surface area contributed by atoms with E-state index in [1.165, 1.54) is 0 Å². The fourth-order valence-electron chi connectivity index (χ4n) is 2.44. The monoisotopic (exact) mass is 269 g/mol. The van der Waals surface area contributed by atoms with Crippen LogP contribution in [0.1, 0.15) is 18.9 Å². The van der Waals surface area contributed by atoms with Crippen molar-refractivity contribution in [3.63, 3.8) is 0 Å². The molecule has 1 aromatic heterocycles. The predicted octanol–water partition coefficient (Wildman–Crippen LogP) is 1.24. The topological polar surface area (TPSA) is 59.2 Å². The molecule has 2 unspecified atom stereocenters. The van der Waals surface area contributed by atoms with E-state index in [0.29, 0.717) is 24.9 Å². The lowest BCUT2D eigenvalue weighted by Crippen LogP contribution is -2.35. The summed E-state index contributed by atoms with van der Waals surface area (Å²) in [5.41, 5.74) is 6.64. The molecule has 1 amide bonds. The van der Waals surface area contributed by atoms with Crippen molar-refractivity contribution in [2.24, 2.45) is 11.7 Å². The zero-order valence-corrected chi connectivity index (χ0v) is 11.4. The lowest BCUT2D eigenvalue weighted by molar-refractivity contribution is -0.131. The highest BCUT2D eigenvalue weighted by molar-refractivity contribution is 5.85. The summed E-state index contributed by atoms with van der Waals surface area (Å²) in [6.45, 7) is 3.56. The summed E-state index contributed by atoms with van der Waals surface area (Å²) in [5.74, 6) is 0.643. The molecule has 2 N–H and O–H groups in total. The van der Waals surface area contributed by atoms with Gasteiger partial charge in [0.1, 0.15) is 0 Å². The Bertz CT molecular complexity index is 385. The summed E-state index contributed by atoms with van der Waals surface area (Å²) in [7, 11) is 0. The van der Waals surface area contributed by atoms with Crippen molar-refractivity contribution in [1.82, 2.24) is 9.88 Å². The predicted molar refractivity (Wildman–Crippen MR) is 73.5 cm³/mol. The molecule has 0 radical (unpaired) electrons. The lowest BCUT2D eigenvalue weighted by Gasteiger charge is -2.21. The third kappa shape index (κ3) is 3.43. The maximum atomic E-state index is 12.1. The minimum atomic E-state index is 0. The number of amides is 1. The van der Waals surface area contributed by atoms with E-state index in [4.69, 9.17) is 5.73 Å². The van der Waals surface area contributed by atoms with Crippen LogP contribution < -0.4 is 5.73 Å². The highest BCUT2D eigenvalue weighted by Gasteiger charge is 2.31. The molecule has 2 atom stereocenters. The molecule has 1 fully saturated rings. The van der Waals surface area contributed by atoms with E-state index < -0.39 is 0 Å². The van der Waals surface area contributed by atoms with Crippen LogP contribution in [0.15, 0.2) is 24.5 Å². The molecule has 0 aliphatic carbocycles. The molecular formula is C13H20ClN3O. The number of rotatable bonds is 3. The zero-order valence-electron chi connectivity index (χ0n) is 10.6. The van der Waals surface area contributed by atoms with E-state index in [1.807, 2.05) is 17.0 Å². The maximum Gasteiger partial charge on any atom is 0.227 e. The Hall–Kier alpha value is -1.13. The molecule has 1 aliphatic heterocycles. The fourth-order valence-corrected chi connectivity index (χ4v) is 2.44. The first-order valence-electron chi connectivity index (χ1n) is 6.09. The molecule has 1 saturated heterocycles.